The number of aromatic nitrogens is 1. The average molecular weight is 509 g/mol. The van der Waals surface area contributed by atoms with E-state index in [0.29, 0.717) is 32.0 Å². The summed E-state index contributed by atoms with van der Waals surface area (Å²) in [5, 5.41) is 0. The zero-order chi connectivity index (χ0) is 25.0. The maximum Gasteiger partial charge on any atom is 0.291 e. The van der Waals surface area contributed by atoms with Gasteiger partial charge >= 0.3 is 0 Å². The van der Waals surface area contributed by atoms with Crippen LogP contribution >= 0.6 is 0 Å². The third-order valence-corrected chi connectivity index (χ3v) is 8.55. The minimum absolute atomic E-state index is 0.0475. The molecule has 0 spiro atoms. The highest BCUT2D eigenvalue weighted by Gasteiger charge is 2.36. The molecule has 35 heavy (non-hydrogen) atoms. The van der Waals surface area contributed by atoms with Crippen molar-refractivity contribution in [2.75, 3.05) is 33.8 Å². The highest BCUT2D eigenvalue weighted by Crippen LogP contribution is 2.34. The standard InChI is InChI=1S/C24H33FN4O5S/c1-28(2)35(31,32)27-22-10-11-29(24(30)23-13-26-16-34-23)14-19(22)15-33-21-8-6-17(7-9-21)18-4-3-5-20(25)12-18/h3-5,12-13,16-17,19,21-22,27H,6-11,14-15H2,1-2H3/t17?,19-,21?,22-/m0/s1. The number of likely N-dealkylation sites (tertiary alicyclic amines) is 1. The Labute approximate surface area is 205 Å². The lowest BCUT2D eigenvalue weighted by Gasteiger charge is -2.39. The summed E-state index contributed by atoms with van der Waals surface area (Å²) in [6.45, 7) is 1.07. The van der Waals surface area contributed by atoms with Crippen molar-refractivity contribution in [1.29, 1.82) is 0 Å². The number of rotatable bonds is 8. The molecule has 2 atom stereocenters. The van der Waals surface area contributed by atoms with Crippen LogP contribution in [0.3, 0.4) is 0 Å². The van der Waals surface area contributed by atoms with Gasteiger partial charge < -0.3 is 14.1 Å². The molecule has 1 aromatic heterocycles. The predicted octanol–water partition coefficient (Wildman–Crippen LogP) is 2.78. The first-order valence-corrected chi connectivity index (χ1v) is 13.4. The van der Waals surface area contributed by atoms with Gasteiger partial charge in [-0.15, -0.1) is 0 Å². The highest BCUT2D eigenvalue weighted by molar-refractivity contribution is 7.87. The van der Waals surface area contributed by atoms with E-state index in [-0.39, 0.29) is 35.5 Å². The van der Waals surface area contributed by atoms with E-state index in [9.17, 15) is 17.6 Å². The molecule has 0 radical (unpaired) electrons. The quantitative estimate of drug-likeness (QED) is 0.588. The Hall–Kier alpha value is -2.34. The van der Waals surface area contributed by atoms with Crippen molar-refractivity contribution < 1.29 is 26.8 Å². The maximum atomic E-state index is 13.6. The number of oxazole rings is 1. The van der Waals surface area contributed by atoms with E-state index >= 15 is 0 Å². The van der Waals surface area contributed by atoms with E-state index in [1.54, 1.807) is 17.0 Å². The Morgan fingerprint density at radius 1 is 1.26 bits per heavy atom. The van der Waals surface area contributed by atoms with Crippen molar-refractivity contribution in [3.8, 4) is 0 Å². The SMILES string of the molecule is CN(C)S(=O)(=O)N[C@H]1CCN(C(=O)c2cnco2)C[C@H]1COC1CCC(c2cccc(F)c2)CC1. The summed E-state index contributed by atoms with van der Waals surface area (Å²) in [4.78, 5) is 18.3. The van der Waals surface area contributed by atoms with E-state index < -0.39 is 10.2 Å². The molecule has 192 valence electrons. The zero-order valence-electron chi connectivity index (χ0n) is 20.1. The first-order valence-electron chi connectivity index (χ1n) is 12.0. The van der Waals surface area contributed by atoms with Crippen LogP contribution < -0.4 is 4.72 Å². The van der Waals surface area contributed by atoms with Gasteiger partial charge in [-0.05, 0) is 55.7 Å². The molecule has 2 heterocycles. The van der Waals surface area contributed by atoms with Gasteiger partial charge in [0, 0.05) is 39.1 Å². The summed E-state index contributed by atoms with van der Waals surface area (Å²) >= 11 is 0. The minimum Gasteiger partial charge on any atom is -0.438 e. The van der Waals surface area contributed by atoms with Crippen LogP contribution in [-0.4, -0.2) is 74.5 Å². The normalized spacial score (nSPS) is 25.7. The molecule has 2 aromatic rings. The smallest absolute Gasteiger partial charge is 0.291 e. The number of hydrogen-bond acceptors (Lipinski definition) is 6. The molecule has 0 unspecified atom stereocenters. The third-order valence-electron chi connectivity index (χ3n) is 6.99. The topological polar surface area (TPSA) is 105 Å². The molecule has 4 rings (SSSR count). The van der Waals surface area contributed by atoms with Crippen LogP contribution in [0.1, 0.15) is 54.1 Å². The van der Waals surface area contributed by atoms with Gasteiger partial charge in [-0.25, -0.2) is 9.37 Å². The highest BCUT2D eigenvalue weighted by atomic mass is 32.2. The molecule has 2 aliphatic rings. The molecule has 0 bridgehead atoms. The fourth-order valence-electron chi connectivity index (χ4n) is 4.90. The number of halogens is 1. The first kappa shape index (κ1) is 25.7. The van der Waals surface area contributed by atoms with Crippen molar-refractivity contribution >= 4 is 16.1 Å². The van der Waals surface area contributed by atoms with Gasteiger partial charge in [0.25, 0.3) is 16.1 Å². The van der Waals surface area contributed by atoms with Crippen molar-refractivity contribution in [3.05, 3.63) is 54.0 Å². The fraction of sp³-hybridized carbons (Fsp3) is 0.583. The second-order valence-corrected chi connectivity index (χ2v) is 11.5. The number of nitrogens with zero attached hydrogens (tertiary/aromatic N) is 3. The summed E-state index contributed by atoms with van der Waals surface area (Å²) in [5.41, 5.74) is 1.02. The Balaban J connectivity index is 1.37. The first-order chi connectivity index (χ1) is 16.7. The van der Waals surface area contributed by atoms with Gasteiger partial charge in [0.15, 0.2) is 6.39 Å². The molecule has 11 heteroatoms. The summed E-state index contributed by atoms with van der Waals surface area (Å²) in [6.07, 6.45) is 6.62. The van der Waals surface area contributed by atoms with Crippen LogP contribution in [0.2, 0.25) is 0 Å². The average Bonchev–Trinajstić information content (AvgIpc) is 3.38. The molecular weight excluding hydrogens is 475 g/mol. The van der Waals surface area contributed by atoms with E-state index in [4.69, 9.17) is 9.15 Å². The summed E-state index contributed by atoms with van der Waals surface area (Å²) in [5.74, 6) is -0.223. The van der Waals surface area contributed by atoms with Crippen LogP contribution in [0.5, 0.6) is 0 Å². The van der Waals surface area contributed by atoms with Crippen molar-refractivity contribution in [1.82, 2.24) is 18.9 Å². The Bertz CT molecular complexity index is 1090. The van der Waals surface area contributed by atoms with Gasteiger partial charge in [0.2, 0.25) is 5.76 Å². The summed E-state index contributed by atoms with van der Waals surface area (Å²) in [7, 11) is -0.672. The van der Waals surface area contributed by atoms with Crippen molar-refractivity contribution in [2.24, 2.45) is 5.92 Å². The molecule has 1 N–H and O–H groups in total. The molecule has 9 nitrogen and oxygen atoms in total. The van der Waals surface area contributed by atoms with E-state index in [1.165, 1.54) is 32.8 Å². The number of carbonyl (C=O) groups is 1. The molecular formula is C24H33FN4O5S. The third kappa shape index (κ3) is 6.46. The second kappa shape index (κ2) is 11.2. The number of ether oxygens (including phenoxy) is 1. The van der Waals surface area contributed by atoms with E-state index in [1.807, 2.05) is 6.07 Å². The Kier molecular flexibility index (Phi) is 8.20. The van der Waals surface area contributed by atoms with Gasteiger partial charge in [-0.3, -0.25) is 4.79 Å². The van der Waals surface area contributed by atoms with Crippen LogP contribution in [-0.2, 0) is 14.9 Å². The molecule has 1 saturated carbocycles. The maximum absolute atomic E-state index is 13.6. The van der Waals surface area contributed by atoms with Crippen LogP contribution in [0, 0.1) is 11.7 Å². The van der Waals surface area contributed by atoms with Crippen molar-refractivity contribution in [2.45, 2.75) is 50.2 Å². The Morgan fingerprint density at radius 3 is 2.69 bits per heavy atom. The molecule has 1 amide bonds. The van der Waals surface area contributed by atoms with Crippen LogP contribution in [0.15, 0.2) is 41.3 Å². The molecule has 1 aliphatic heterocycles. The lowest BCUT2D eigenvalue weighted by molar-refractivity contribution is -0.0154. The molecule has 2 fully saturated rings. The van der Waals surface area contributed by atoms with Gasteiger partial charge in [-0.2, -0.15) is 17.4 Å². The largest absolute Gasteiger partial charge is 0.438 e. The van der Waals surface area contributed by atoms with Crippen molar-refractivity contribution in [3.63, 3.8) is 0 Å². The predicted molar refractivity (Wildman–Crippen MR) is 127 cm³/mol. The number of nitrogens with one attached hydrogen (secondary N) is 1. The number of hydrogen-bond donors (Lipinski definition) is 1. The number of piperidine rings is 1. The second-order valence-electron chi connectivity index (χ2n) is 9.54. The lowest BCUT2D eigenvalue weighted by Crippen LogP contribution is -2.55. The summed E-state index contributed by atoms with van der Waals surface area (Å²) < 4.78 is 53.9. The fourth-order valence-corrected chi connectivity index (χ4v) is 5.80. The van der Waals surface area contributed by atoms with Crippen LogP contribution in [0.25, 0.3) is 0 Å². The van der Waals surface area contributed by atoms with E-state index in [0.717, 1.165) is 35.6 Å². The lowest BCUT2D eigenvalue weighted by atomic mass is 9.82. The zero-order valence-corrected chi connectivity index (χ0v) is 20.9. The molecule has 1 saturated heterocycles. The van der Waals surface area contributed by atoms with Crippen LogP contribution in [0.4, 0.5) is 4.39 Å². The number of carbonyl (C=O) groups excluding carboxylic acids is 1. The minimum atomic E-state index is -3.63. The number of amides is 1. The van der Waals surface area contributed by atoms with Gasteiger partial charge in [0.05, 0.1) is 18.9 Å². The van der Waals surface area contributed by atoms with E-state index in [2.05, 4.69) is 9.71 Å². The molecule has 1 aromatic carbocycles. The molecule has 1 aliphatic carbocycles. The monoisotopic (exact) mass is 508 g/mol. The van der Waals surface area contributed by atoms with Gasteiger partial charge in [0.1, 0.15) is 5.82 Å². The Morgan fingerprint density at radius 2 is 2.03 bits per heavy atom. The summed E-state index contributed by atoms with van der Waals surface area (Å²) in [6, 6.07) is 6.43. The van der Waals surface area contributed by atoms with Gasteiger partial charge in [-0.1, -0.05) is 12.1 Å². The number of benzene rings is 1.